The Hall–Kier alpha value is -3.00. The molecule has 0 amide bonds. The Balaban J connectivity index is 1.99. The fourth-order valence-corrected chi connectivity index (χ4v) is 4.25. The minimum Gasteiger partial charge on any atom is -0.486 e. The normalized spacial score (nSPS) is 13.9. The second kappa shape index (κ2) is 7.79. The Bertz CT molecular complexity index is 1090. The second-order valence-corrected chi connectivity index (χ2v) is 7.24. The molecule has 0 spiro atoms. The van der Waals surface area contributed by atoms with Gasteiger partial charge in [-0.1, -0.05) is 0 Å². The van der Waals surface area contributed by atoms with Crippen molar-refractivity contribution in [2.75, 3.05) is 19.8 Å². The van der Waals surface area contributed by atoms with E-state index in [0.29, 0.717) is 64.1 Å². The number of rotatable bonds is 5. The highest BCUT2D eigenvalue weighted by Crippen LogP contribution is 2.41. The van der Waals surface area contributed by atoms with Crippen molar-refractivity contribution >= 4 is 28.5 Å². The van der Waals surface area contributed by atoms with E-state index in [1.54, 1.807) is 42.8 Å². The molecule has 1 aliphatic rings. The molecule has 1 unspecified atom stereocenters. The molecule has 0 saturated heterocycles. The molecule has 4 rings (SSSR count). The maximum absolute atomic E-state index is 13.4. The smallest absolute Gasteiger partial charge is 0.474 e. The van der Waals surface area contributed by atoms with E-state index in [2.05, 4.69) is 0 Å². The summed E-state index contributed by atoms with van der Waals surface area (Å²) in [6, 6.07) is 9.24. The van der Waals surface area contributed by atoms with E-state index in [4.69, 9.17) is 14.2 Å². The number of aryl methyl sites for hydroxylation is 1. The van der Waals surface area contributed by atoms with Crippen LogP contribution in [0, 0.1) is 5.82 Å². The molecular formula is C21H19FNO5S+. The molecule has 1 aromatic heterocycles. The average molecular weight is 416 g/mol. The first-order chi connectivity index (χ1) is 14.0. The van der Waals surface area contributed by atoms with E-state index in [1.807, 2.05) is 0 Å². The lowest BCUT2D eigenvalue weighted by Crippen LogP contribution is -2.15. The van der Waals surface area contributed by atoms with Crippen LogP contribution >= 0.6 is 0 Å². The van der Waals surface area contributed by atoms with Gasteiger partial charge in [0.2, 0.25) is 0 Å². The van der Waals surface area contributed by atoms with E-state index >= 15 is 0 Å². The first-order valence-electron chi connectivity index (χ1n) is 9.18. The van der Waals surface area contributed by atoms with Gasteiger partial charge in [-0.3, -0.25) is 0 Å². The van der Waals surface area contributed by atoms with Gasteiger partial charge in [0.05, 0.1) is 17.7 Å². The van der Waals surface area contributed by atoms with Gasteiger partial charge in [-0.05, 0) is 37.3 Å². The summed E-state index contributed by atoms with van der Waals surface area (Å²) >= 11 is 0.330. The predicted octanol–water partition coefficient (Wildman–Crippen LogP) is 3.78. The number of carbonyl (C=O) groups is 1. The number of esters is 1. The van der Waals surface area contributed by atoms with Crippen molar-refractivity contribution < 1.29 is 27.6 Å². The fraction of sp³-hybridized carbons (Fsp3) is 0.286. The zero-order valence-electron chi connectivity index (χ0n) is 15.9. The van der Waals surface area contributed by atoms with Gasteiger partial charge in [0, 0.05) is 28.3 Å². The number of ether oxygens (including phenoxy) is 3. The third kappa shape index (κ3) is 3.33. The topological polar surface area (TPSA) is 66.8 Å². The lowest BCUT2D eigenvalue weighted by Gasteiger charge is -2.18. The molecule has 0 radical (unpaired) electrons. The maximum atomic E-state index is 13.4. The number of hydrogen-bond acceptors (Lipinski definition) is 5. The number of halogens is 1. The summed E-state index contributed by atoms with van der Waals surface area (Å²) in [6.07, 6.45) is 0. The van der Waals surface area contributed by atoms with E-state index in [-0.39, 0.29) is 6.61 Å². The van der Waals surface area contributed by atoms with Crippen LogP contribution in [0.15, 0.2) is 36.4 Å². The zero-order valence-corrected chi connectivity index (χ0v) is 16.8. The molecule has 6 nitrogen and oxygen atoms in total. The molecule has 2 heterocycles. The minimum atomic E-state index is -0.730. The van der Waals surface area contributed by atoms with Crippen molar-refractivity contribution in [2.45, 2.75) is 12.2 Å². The van der Waals surface area contributed by atoms with Crippen molar-refractivity contribution in [3.05, 3.63) is 59.0 Å². The number of nitrogens with zero attached hydrogens (tertiary/aromatic N) is 1. The third-order valence-corrected chi connectivity index (χ3v) is 5.59. The molecule has 0 aliphatic carbocycles. The summed E-state index contributed by atoms with van der Waals surface area (Å²) in [5.74, 6) is 0.206. The molecule has 0 fully saturated rings. The summed E-state index contributed by atoms with van der Waals surface area (Å²) in [5.41, 5.74) is 2.11. The van der Waals surface area contributed by atoms with Crippen LogP contribution < -0.4 is 9.47 Å². The summed E-state index contributed by atoms with van der Waals surface area (Å²) in [7, 11) is 1.78. The molecule has 0 saturated carbocycles. The highest BCUT2D eigenvalue weighted by Gasteiger charge is 2.37. The van der Waals surface area contributed by atoms with Gasteiger partial charge >= 0.3 is 22.9 Å². The molecule has 0 N–H and O–H groups in total. The molecular weight excluding hydrogens is 397 g/mol. The van der Waals surface area contributed by atoms with Crippen LogP contribution in [0.25, 0.3) is 10.9 Å². The highest BCUT2D eigenvalue weighted by molar-refractivity contribution is 7.66. The molecule has 1 atom stereocenters. The Morgan fingerprint density at radius 3 is 2.48 bits per heavy atom. The van der Waals surface area contributed by atoms with E-state index in [0.717, 1.165) is 0 Å². The van der Waals surface area contributed by atoms with Crippen LogP contribution in [0.5, 0.6) is 11.5 Å². The second-order valence-electron chi connectivity index (χ2n) is 6.58. The average Bonchev–Trinajstić information content (AvgIpc) is 3.00. The van der Waals surface area contributed by atoms with Gasteiger partial charge in [-0.25, -0.2) is 9.18 Å². The lowest BCUT2D eigenvalue weighted by atomic mass is 10.0. The summed E-state index contributed by atoms with van der Waals surface area (Å²) in [6.45, 7) is 2.78. The largest absolute Gasteiger partial charge is 0.486 e. The van der Waals surface area contributed by atoms with Crippen molar-refractivity contribution in [3.63, 3.8) is 0 Å². The Morgan fingerprint density at radius 1 is 1.21 bits per heavy atom. The summed E-state index contributed by atoms with van der Waals surface area (Å²) < 4.78 is 43.9. The number of benzene rings is 2. The first kappa shape index (κ1) is 19.3. The van der Waals surface area contributed by atoms with E-state index < -0.39 is 17.0 Å². The zero-order chi connectivity index (χ0) is 20.5. The maximum Gasteiger partial charge on any atom is 0.474 e. The Morgan fingerprint density at radius 2 is 1.86 bits per heavy atom. The van der Waals surface area contributed by atoms with E-state index in [1.165, 1.54) is 12.1 Å². The van der Waals surface area contributed by atoms with Gasteiger partial charge in [-0.15, -0.1) is 0 Å². The molecule has 3 aromatic rings. The van der Waals surface area contributed by atoms with Crippen molar-refractivity contribution in [1.82, 2.24) is 4.57 Å². The van der Waals surface area contributed by atoms with Crippen LogP contribution in [0.1, 0.15) is 33.8 Å². The fourth-order valence-electron chi connectivity index (χ4n) is 3.61. The number of carbonyl (C=O) groups excluding carboxylic acids is 1. The minimum absolute atomic E-state index is 0.199. The molecule has 2 aromatic carbocycles. The van der Waals surface area contributed by atoms with Crippen molar-refractivity contribution in [2.24, 2.45) is 7.05 Å². The van der Waals surface area contributed by atoms with Gasteiger partial charge in [0.15, 0.2) is 11.5 Å². The molecule has 1 aliphatic heterocycles. The monoisotopic (exact) mass is 416 g/mol. The van der Waals surface area contributed by atoms with Gasteiger partial charge in [0.1, 0.15) is 24.7 Å². The van der Waals surface area contributed by atoms with Crippen LogP contribution in [0.4, 0.5) is 4.39 Å². The quantitative estimate of drug-likeness (QED) is 0.468. The molecule has 150 valence electrons. The van der Waals surface area contributed by atoms with Crippen molar-refractivity contribution in [3.8, 4) is 11.5 Å². The number of hydrogen-bond donors (Lipinski definition) is 0. The Labute approximate surface area is 170 Å². The molecule has 0 bridgehead atoms. The first-order valence-corrected chi connectivity index (χ1v) is 9.98. The highest BCUT2D eigenvalue weighted by atomic mass is 32.1. The van der Waals surface area contributed by atoms with Crippen LogP contribution in [0.3, 0.4) is 0 Å². The van der Waals surface area contributed by atoms with Gasteiger partial charge in [0.25, 0.3) is 0 Å². The number of aromatic nitrogens is 1. The lowest BCUT2D eigenvalue weighted by molar-refractivity contribution is 0.0527. The third-order valence-electron chi connectivity index (χ3n) is 4.91. The Kier molecular flexibility index (Phi) is 5.19. The van der Waals surface area contributed by atoms with Gasteiger partial charge in [-0.2, -0.15) is 0 Å². The van der Waals surface area contributed by atoms with Crippen molar-refractivity contribution in [1.29, 1.82) is 0 Å². The van der Waals surface area contributed by atoms with Gasteiger partial charge < -0.3 is 18.8 Å². The summed E-state index contributed by atoms with van der Waals surface area (Å²) in [4.78, 5) is 12.9. The van der Waals surface area contributed by atoms with Crippen LogP contribution in [-0.2, 0) is 27.7 Å². The standard InChI is InChI=1S/C21H19FNO5S/c1-3-26-21(24)18-14-10-16-17(28-9-8-27-16)11-15(14)23(2)19(18)20(29-25)12-4-6-13(22)7-5-12/h4-7,10-11,20H,3,8-9H2,1-2H3/q+1. The summed E-state index contributed by atoms with van der Waals surface area (Å²) in [5, 5.41) is -0.113. The number of fused-ring (bicyclic) bond motifs is 2. The van der Waals surface area contributed by atoms with Crippen LogP contribution in [-0.4, -0.2) is 30.4 Å². The van der Waals surface area contributed by atoms with E-state index in [9.17, 15) is 13.4 Å². The molecule has 8 heteroatoms. The van der Waals surface area contributed by atoms with Crippen LogP contribution in [0.2, 0.25) is 0 Å². The SMILES string of the molecule is CCOC(=O)c1c(C([S+]=O)c2ccc(F)cc2)n(C)c2cc3c(cc12)OCCO3. The molecule has 29 heavy (non-hydrogen) atoms. The predicted molar refractivity (Wildman–Crippen MR) is 106 cm³/mol.